The Labute approximate surface area is 128 Å². The maximum absolute atomic E-state index is 6.53. The van der Waals surface area contributed by atoms with Gasteiger partial charge in [0.1, 0.15) is 0 Å². The lowest BCUT2D eigenvalue weighted by molar-refractivity contribution is 0.283. The first-order chi connectivity index (χ1) is 9.69. The lowest BCUT2D eigenvalue weighted by Gasteiger charge is -2.29. The van der Waals surface area contributed by atoms with Crippen LogP contribution in [0.5, 0.6) is 0 Å². The largest absolute Gasteiger partial charge is 0.314 e. The van der Waals surface area contributed by atoms with E-state index in [0.717, 1.165) is 42.6 Å². The van der Waals surface area contributed by atoms with Gasteiger partial charge in [0.2, 0.25) is 0 Å². The number of aromatic nitrogens is 2. The van der Waals surface area contributed by atoms with Crippen LogP contribution < -0.4 is 5.32 Å². The number of halogens is 1. The average Bonchev–Trinajstić information content (AvgIpc) is 2.76. The van der Waals surface area contributed by atoms with E-state index < -0.39 is 0 Å². The van der Waals surface area contributed by atoms with Gasteiger partial charge in [0.15, 0.2) is 0 Å². The molecule has 1 aliphatic rings. The van der Waals surface area contributed by atoms with Gasteiger partial charge in [-0.05, 0) is 51.5 Å². The van der Waals surface area contributed by atoms with Gasteiger partial charge in [-0.3, -0.25) is 4.68 Å². The molecule has 4 heteroatoms. The van der Waals surface area contributed by atoms with Crippen LogP contribution in [-0.4, -0.2) is 22.4 Å². The van der Waals surface area contributed by atoms with Gasteiger partial charge in [-0.15, -0.1) is 0 Å². The van der Waals surface area contributed by atoms with Crippen LogP contribution in [0.2, 0.25) is 5.02 Å². The normalized spacial score (nSPS) is 23.2. The Kier molecular flexibility index (Phi) is 5.91. The van der Waals surface area contributed by atoms with Crippen LogP contribution in [0.15, 0.2) is 0 Å². The molecule has 3 nitrogen and oxygen atoms in total. The maximum atomic E-state index is 6.53. The zero-order valence-electron chi connectivity index (χ0n) is 13.1. The Hall–Kier alpha value is -0.540. The Balaban J connectivity index is 2.07. The van der Waals surface area contributed by atoms with Gasteiger partial charge in [-0.25, -0.2) is 0 Å². The molecule has 0 spiro atoms. The molecule has 0 aliphatic heterocycles. The molecular formula is C16H28ClN3. The zero-order valence-corrected chi connectivity index (χ0v) is 13.8. The predicted octanol–water partition coefficient (Wildman–Crippen LogP) is 3.83. The molecule has 1 aromatic rings. The summed E-state index contributed by atoms with van der Waals surface area (Å²) >= 11 is 6.53. The second-order valence-electron chi connectivity index (χ2n) is 5.87. The van der Waals surface area contributed by atoms with Crippen molar-refractivity contribution in [2.45, 2.75) is 71.9 Å². The second kappa shape index (κ2) is 7.46. The van der Waals surface area contributed by atoms with Crippen molar-refractivity contribution in [1.29, 1.82) is 0 Å². The highest BCUT2D eigenvalue weighted by Gasteiger charge is 2.24. The van der Waals surface area contributed by atoms with E-state index in [2.05, 4.69) is 35.9 Å². The van der Waals surface area contributed by atoms with Gasteiger partial charge in [0.25, 0.3) is 0 Å². The summed E-state index contributed by atoms with van der Waals surface area (Å²) in [6.07, 6.45) is 7.27. The molecular weight excluding hydrogens is 270 g/mol. The number of nitrogens with one attached hydrogen (secondary N) is 1. The molecule has 0 amide bonds. The molecule has 2 rings (SSSR count). The zero-order chi connectivity index (χ0) is 14.5. The summed E-state index contributed by atoms with van der Waals surface area (Å²) in [5, 5.41) is 9.16. The summed E-state index contributed by atoms with van der Waals surface area (Å²) in [5.41, 5.74) is 2.32. The fraction of sp³-hybridized carbons (Fsp3) is 0.812. The van der Waals surface area contributed by atoms with E-state index in [-0.39, 0.29) is 0 Å². The molecule has 0 saturated heterocycles. The van der Waals surface area contributed by atoms with Gasteiger partial charge in [0.05, 0.1) is 16.4 Å². The number of nitrogens with zero attached hydrogens (tertiary/aromatic N) is 2. The van der Waals surface area contributed by atoms with Crippen LogP contribution in [0.4, 0.5) is 0 Å². The smallest absolute Gasteiger partial charge is 0.0849 e. The van der Waals surface area contributed by atoms with Crippen molar-refractivity contribution < 1.29 is 0 Å². The fourth-order valence-electron chi connectivity index (χ4n) is 3.44. The van der Waals surface area contributed by atoms with Gasteiger partial charge in [-0.2, -0.15) is 5.10 Å². The summed E-state index contributed by atoms with van der Waals surface area (Å²) in [7, 11) is 0. The maximum Gasteiger partial charge on any atom is 0.0849 e. The third kappa shape index (κ3) is 3.56. The first kappa shape index (κ1) is 15.8. The highest BCUT2D eigenvalue weighted by atomic mass is 35.5. The van der Waals surface area contributed by atoms with E-state index in [0.29, 0.717) is 6.04 Å². The van der Waals surface area contributed by atoms with E-state index in [9.17, 15) is 0 Å². The van der Waals surface area contributed by atoms with Crippen molar-refractivity contribution in [2.75, 3.05) is 6.54 Å². The van der Waals surface area contributed by atoms with E-state index in [4.69, 9.17) is 11.6 Å². The number of hydrogen-bond donors (Lipinski definition) is 1. The SMILES string of the molecule is CCNC1CCCC(Cc2c(Cl)c(CC)nn2CC)C1. The average molecular weight is 298 g/mol. The third-order valence-corrected chi connectivity index (χ3v) is 4.89. The predicted molar refractivity (Wildman–Crippen MR) is 85.4 cm³/mol. The Morgan fingerprint density at radius 2 is 2.10 bits per heavy atom. The van der Waals surface area contributed by atoms with Crippen LogP contribution in [0.1, 0.15) is 57.8 Å². The van der Waals surface area contributed by atoms with Crippen LogP contribution in [0, 0.1) is 5.92 Å². The fourth-order valence-corrected chi connectivity index (χ4v) is 3.78. The lowest BCUT2D eigenvalue weighted by Crippen LogP contribution is -2.34. The van der Waals surface area contributed by atoms with Gasteiger partial charge in [0, 0.05) is 12.6 Å². The Morgan fingerprint density at radius 1 is 1.30 bits per heavy atom. The summed E-state index contributed by atoms with van der Waals surface area (Å²) in [5.74, 6) is 0.747. The molecule has 1 fully saturated rings. The molecule has 2 unspecified atom stereocenters. The molecule has 0 bridgehead atoms. The van der Waals surface area contributed by atoms with Gasteiger partial charge < -0.3 is 5.32 Å². The molecule has 0 radical (unpaired) electrons. The van der Waals surface area contributed by atoms with Crippen LogP contribution in [-0.2, 0) is 19.4 Å². The minimum Gasteiger partial charge on any atom is -0.314 e. The van der Waals surface area contributed by atoms with E-state index >= 15 is 0 Å². The number of rotatable bonds is 6. The standard InChI is InChI=1S/C16H28ClN3/c1-4-14-16(17)15(20(6-3)19-14)11-12-8-7-9-13(10-12)18-5-2/h12-13,18H,4-11H2,1-3H3. The van der Waals surface area contributed by atoms with Crippen LogP contribution in [0.3, 0.4) is 0 Å². The van der Waals surface area contributed by atoms with Crippen molar-refractivity contribution in [3.8, 4) is 0 Å². The van der Waals surface area contributed by atoms with E-state index in [1.54, 1.807) is 0 Å². The molecule has 2 atom stereocenters. The molecule has 1 N–H and O–H groups in total. The topological polar surface area (TPSA) is 29.9 Å². The van der Waals surface area contributed by atoms with Crippen molar-refractivity contribution in [1.82, 2.24) is 15.1 Å². The van der Waals surface area contributed by atoms with Crippen LogP contribution in [0.25, 0.3) is 0 Å². The van der Waals surface area contributed by atoms with Crippen molar-refractivity contribution >= 4 is 11.6 Å². The van der Waals surface area contributed by atoms with E-state index in [1.165, 1.54) is 31.4 Å². The molecule has 0 aromatic carbocycles. The molecule has 1 heterocycles. The van der Waals surface area contributed by atoms with Gasteiger partial charge >= 0.3 is 0 Å². The highest BCUT2D eigenvalue weighted by Crippen LogP contribution is 2.31. The van der Waals surface area contributed by atoms with Crippen molar-refractivity contribution in [2.24, 2.45) is 5.92 Å². The molecule has 1 aromatic heterocycles. The molecule has 114 valence electrons. The first-order valence-corrected chi connectivity index (χ1v) is 8.54. The second-order valence-corrected chi connectivity index (χ2v) is 6.25. The summed E-state index contributed by atoms with van der Waals surface area (Å²) in [6.45, 7) is 8.46. The Morgan fingerprint density at radius 3 is 2.75 bits per heavy atom. The molecule has 1 saturated carbocycles. The number of aryl methyl sites for hydroxylation is 2. The molecule has 20 heavy (non-hydrogen) atoms. The first-order valence-electron chi connectivity index (χ1n) is 8.16. The highest BCUT2D eigenvalue weighted by molar-refractivity contribution is 6.31. The van der Waals surface area contributed by atoms with Gasteiger partial charge in [-0.1, -0.05) is 31.9 Å². The van der Waals surface area contributed by atoms with E-state index in [1.807, 2.05) is 0 Å². The monoisotopic (exact) mass is 297 g/mol. The third-order valence-electron chi connectivity index (χ3n) is 4.45. The quantitative estimate of drug-likeness (QED) is 0.865. The Bertz CT molecular complexity index is 426. The summed E-state index contributed by atoms with van der Waals surface area (Å²) in [4.78, 5) is 0. The van der Waals surface area contributed by atoms with Crippen LogP contribution >= 0.6 is 11.6 Å². The molecule has 1 aliphatic carbocycles. The lowest BCUT2D eigenvalue weighted by atomic mass is 9.83. The summed E-state index contributed by atoms with van der Waals surface area (Å²) in [6, 6.07) is 0.696. The minimum absolute atomic E-state index is 0.696. The number of hydrogen-bond acceptors (Lipinski definition) is 2. The minimum atomic E-state index is 0.696. The van der Waals surface area contributed by atoms with Crippen molar-refractivity contribution in [3.63, 3.8) is 0 Å². The van der Waals surface area contributed by atoms with Crippen molar-refractivity contribution in [3.05, 3.63) is 16.4 Å². The summed E-state index contributed by atoms with van der Waals surface area (Å²) < 4.78 is 2.11.